The van der Waals surface area contributed by atoms with Gasteiger partial charge in [-0.25, -0.2) is 18.7 Å². The Morgan fingerprint density at radius 1 is 0.170 bits per heavy atom. The molecule has 0 aromatic carbocycles. The summed E-state index contributed by atoms with van der Waals surface area (Å²) in [6, 6.07) is 0. The first-order valence-electron chi connectivity index (χ1n) is 58.2. The van der Waals surface area contributed by atoms with E-state index >= 15 is 0 Å². The lowest BCUT2D eigenvalue weighted by atomic mass is 10.0. The minimum Gasteiger partial charge on any atom is -0.252 e. The van der Waals surface area contributed by atoms with E-state index < -0.39 is 0 Å². The van der Waals surface area contributed by atoms with Crippen LogP contribution in [0.3, 0.4) is 0 Å². The molecule has 8 heterocycles. The predicted octanol–water partition coefficient (Wildman–Crippen LogP) is 31.5. The van der Waals surface area contributed by atoms with Crippen molar-refractivity contribution in [1.82, 2.24) is 120 Å². The summed E-state index contributed by atoms with van der Waals surface area (Å²) in [5.41, 5.74) is 9.79. The number of rotatable bonds is 69. The number of aryl methyl sites for hydroxylation is 14. The van der Waals surface area contributed by atoms with E-state index in [1.165, 1.54) is 260 Å². The van der Waals surface area contributed by atoms with Gasteiger partial charge in [-0.1, -0.05) is 398 Å². The van der Waals surface area contributed by atoms with Crippen molar-refractivity contribution in [3.8, 4) is 0 Å². The van der Waals surface area contributed by atoms with Crippen LogP contribution in [0, 0.1) is 94.7 Å². The number of unbranched alkanes of at least 4 members (excludes halogenated alkanes) is 12. The van der Waals surface area contributed by atoms with Gasteiger partial charge in [-0.15, -0.1) is 40.8 Å². The van der Waals surface area contributed by atoms with Crippen LogP contribution in [0.15, 0.2) is 49.6 Å². The molecule has 141 heavy (non-hydrogen) atoms. The van der Waals surface area contributed by atoms with Gasteiger partial charge < -0.3 is 0 Å². The molecule has 8 rings (SSSR count). The Bertz CT molecular complexity index is 3890. The van der Waals surface area contributed by atoms with Crippen molar-refractivity contribution in [2.45, 2.75) is 563 Å². The Labute approximate surface area is 867 Å². The van der Waals surface area contributed by atoms with Gasteiger partial charge in [0.05, 0.1) is 70.3 Å². The molecular weight excluding hydrogens is 1740 g/mol. The van der Waals surface area contributed by atoms with E-state index in [1.54, 1.807) is 0 Å². The molecule has 0 spiro atoms. The normalized spacial score (nSPS) is 11.7. The third kappa shape index (κ3) is 79.1. The van der Waals surface area contributed by atoms with Gasteiger partial charge in [0, 0.05) is 77.1 Å². The Hall–Kier alpha value is -6.88. The van der Waals surface area contributed by atoms with Gasteiger partial charge in [-0.05, 0) is 249 Å². The van der Waals surface area contributed by atoms with Crippen molar-refractivity contribution >= 4 is 0 Å². The Morgan fingerprint density at radius 3 is 0.766 bits per heavy atom. The van der Waals surface area contributed by atoms with E-state index in [0.717, 1.165) is 209 Å². The average Bonchev–Trinajstić information content (AvgIpc) is 1.74. The monoisotopic (exact) mass is 1970 g/mol. The summed E-state index contributed by atoms with van der Waals surface area (Å²) in [6.45, 7) is 80.7. The van der Waals surface area contributed by atoms with E-state index in [1.807, 2.05) is 43.5 Å². The summed E-state index contributed by atoms with van der Waals surface area (Å²) in [4.78, 5) is 0. The second-order valence-corrected chi connectivity index (χ2v) is 48.1. The van der Waals surface area contributed by atoms with Crippen molar-refractivity contribution in [1.29, 1.82) is 0 Å². The molecule has 8 aromatic heterocycles. The lowest BCUT2D eigenvalue weighted by Gasteiger charge is -2.08. The SMILES string of the molecule is CC(C)CCCCCc1cnnn1CC(C)C.CC(C)CCCCCc1cnnn1CCC(C)C.CC(C)CCCCCc1cnnn1CCCC(C)C.CC(C)CCCCCn1cc(CC(C)C)nn1.CC(C)CCCCc1cn(CCC(C)C)nn1.CC(C)CCCCc1cnnn1CCCCC(C)C.CC(C)CCCCn1cc(CCC(C)C)nn1.CC(C)CCCc1cn(CCCC(C)C)nn1. The van der Waals surface area contributed by atoms with Crippen LogP contribution in [0.5, 0.6) is 0 Å². The molecule has 0 saturated heterocycles. The highest BCUT2D eigenvalue weighted by molar-refractivity contribution is 4.99. The summed E-state index contributed by atoms with van der Waals surface area (Å²) in [5, 5.41) is 66.5. The summed E-state index contributed by atoms with van der Waals surface area (Å²) in [6.07, 6.45) is 72.5. The minimum atomic E-state index is 0.636. The maximum atomic E-state index is 4.22. The fraction of sp³-hybridized carbons (Fsp3) is 0.863. The third-order valence-electron chi connectivity index (χ3n) is 25.2. The molecule has 0 fully saturated rings. The van der Waals surface area contributed by atoms with Gasteiger partial charge in [0.15, 0.2) is 0 Å². The lowest BCUT2D eigenvalue weighted by molar-refractivity contribution is 0.453. The van der Waals surface area contributed by atoms with Crippen LogP contribution in [0.1, 0.15) is 505 Å². The maximum absolute atomic E-state index is 4.22. The molecule has 0 aliphatic rings. The van der Waals surface area contributed by atoms with Gasteiger partial charge in [0.25, 0.3) is 0 Å². The molecule has 814 valence electrons. The van der Waals surface area contributed by atoms with Crippen LogP contribution in [0.4, 0.5) is 0 Å². The van der Waals surface area contributed by atoms with Gasteiger partial charge in [-0.2, -0.15) is 0 Å². The van der Waals surface area contributed by atoms with Crippen molar-refractivity contribution in [3.05, 3.63) is 95.1 Å². The van der Waals surface area contributed by atoms with E-state index in [2.05, 4.69) is 348 Å². The maximum Gasteiger partial charge on any atom is 0.0829 e. The number of aromatic nitrogens is 24. The van der Waals surface area contributed by atoms with Crippen LogP contribution < -0.4 is 0 Å². The van der Waals surface area contributed by atoms with Crippen LogP contribution >= 0.6 is 0 Å². The van der Waals surface area contributed by atoms with E-state index in [0.29, 0.717) is 11.8 Å². The summed E-state index contributed by atoms with van der Waals surface area (Å²) in [7, 11) is 0. The molecular formula is C117H226N24. The summed E-state index contributed by atoms with van der Waals surface area (Å²) < 4.78 is 16.3. The molecule has 0 radical (unpaired) electrons. The molecule has 24 heteroatoms. The van der Waals surface area contributed by atoms with Crippen LogP contribution in [0.25, 0.3) is 0 Å². The van der Waals surface area contributed by atoms with Crippen molar-refractivity contribution in [2.75, 3.05) is 0 Å². The van der Waals surface area contributed by atoms with Gasteiger partial charge in [-0.3, -0.25) is 18.7 Å². The van der Waals surface area contributed by atoms with Gasteiger partial charge in [0.1, 0.15) is 0 Å². The topological polar surface area (TPSA) is 246 Å². The van der Waals surface area contributed by atoms with Crippen LogP contribution in [-0.4, -0.2) is 120 Å². The van der Waals surface area contributed by atoms with Crippen molar-refractivity contribution < 1.29 is 0 Å². The Morgan fingerprint density at radius 2 is 0.404 bits per heavy atom. The zero-order chi connectivity index (χ0) is 105. The molecule has 0 saturated carbocycles. The zero-order valence-corrected chi connectivity index (χ0v) is 98.1. The molecule has 0 atom stereocenters. The molecule has 0 unspecified atom stereocenters. The standard InChI is InChI=1S/2C16H31N3.C15H29N3.5C14H27N3/c1-14(2)9-5-6-11-16-13-17-18-19(16)12-8-7-10-15(3)4;1-14(2)9-6-5-7-11-16-13-17-18-19(16)12-8-10-15(3)4;1-13(2)8-6-5-7-9-15-12-16-17-18(15)11-10-14(3)4;1-12(2)7-5-9-14-11-17(16-15-14)10-6-8-13(3)4;1-12(2)7-5-6-10-17-11-14(15-16-17)9-8-13(3)4;1-12(2)7-5-6-8-14-11-17(16-15-14)10-9-13(3)4;1-12(2)8-6-5-7-9-14-10-15-16-17(14)11-13(3)4;1-12(2)8-6-5-7-9-17-11-14(15-16-17)10-13(3)4/h2*13-15H,5-12H2,1-4H3;12-14H,5-11H2,1-4H3;3*11-13H,5-10H2,1-4H3;10,12-13H,5-9,11H2,1-4H3;11-13H,5-10H2,1-4H3. The zero-order valence-electron chi connectivity index (χ0n) is 98.1. The van der Waals surface area contributed by atoms with Gasteiger partial charge in [0.2, 0.25) is 0 Å². The van der Waals surface area contributed by atoms with Crippen molar-refractivity contribution in [2.24, 2.45) is 94.7 Å². The number of nitrogens with zero attached hydrogens (tertiary/aromatic N) is 24. The fourth-order valence-corrected chi connectivity index (χ4v) is 16.3. The first kappa shape index (κ1) is 132. The first-order valence-corrected chi connectivity index (χ1v) is 58.2. The predicted molar refractivity (Wildman–Crippen MR) is 598 cm³/mol. The summed E-state index contributed by atoms with van der Waals surface area (Å²) in [5.74, 6) is 12.4. The molecule has 0 aliphatic heterocycles. The fourth-order valence-electron chi connectivity index (χ4n) is 16.3. The molecule has 0 bridgehead atoms. The first-order chi connectivity index (χ1) is 67.2. The lowest BCUT2D eigenvalue weighted by Crippen LogP contribution is -2.09. The van der Waals surface area contributed by atoms with Crippen molar-refractivity contribution in [3.63, 3.8) is 0 Å². The van der Waals surface area contributed by atoms with E-state index in [-0.39, 0.29) is 0 Å². The van der Waals surface area contributed by atoms with Crippen LogP contribution in [-0.2, 0) is 104 Å². The minimum absolute atomic E-state index is 0.636. The molecule has 0 aliphatic carbocycles. The molecule has 0 N–H and O–H groups in total. The number of hydrogen-bond donors (Lipinski definition) is 0. The number of hydrogen-bond acceptors (Lipinski definition) is 16. The van der Waals surface area contributed by atoms with E-state index in [9.17, 15) is 0 Å². The quantitative estimate of drug-likeness (QED) is 0.0322. The molecule has 8 aromatic rings. The highest BCUT2D eigenvalue weighted by atomic mass is 15.5. The third-order valence-corrected chi connectivity index (χ3v) is 25.2. The van der Waals surface area contributed by atoms with Crippen LogP contribution in [0.2, 0.25) is 0 Å². The highest BCUT2D eigenvalue weighted by Gasteiger charge is 2.14. The average molecular weight is 1970 g/mol. The van der Waals surface area contributed by atoms with Gasteiger partial charge >= 0.3 is 0 Å². The molecule has 0 amide bonds. The largest absolute Gasteiger partial charge is 0.252 e. The van der Waals surface area contributed by atoms with E-state index in [4.69, 9.17) is 0 Å². The highest BCUT2D eigenvalue weighted by Crippen LogP contribution is 2.21. The Balaban J connectivity index is 0.000000806. The Kier molecular flexibility index (Phi) is 78.9. The smallest absolute Gasteiger partial charge is 0.0829 e. The second kappa shape index (κ2) is 84.2. The molecule has 24 nitrogen and oxygen atoms in total. The second-order valence-electron chi connectivity index (χ2n) is 48.1. The summed E-state index contributed by atoms with van der Waals surface area (Å²) >= 11 is 0.